The fraction of sp³-hybridized carbons (Fsp3) is 0.273. The van der Waals surface area contributed by atoms with Crippen LogP contribution in [0, 0.1) is 11.6 Å². The van der Waals surface area contributed by atoms with Gasteiger partial charge in [-0.2, -0.15) is 0 Å². The number of aromatic nitrogens is 1. The molecule has 0 radical (unpaired) electrons. The number of carbonyl (C=O) groups excluding carboxylic acids is 1. The molecule has 1 unspecified atom stereocenters. The number of halogens is 4. The second kappa shape index (κ2) is 8.98. The van der Waals surface area contributed by atoms with Gasteiger partial charge in [-0.15, -0.1) is 0 Å². The van der Waals surface area contributed by atoms with Gasteiger partial charge in [0.15, 0.2) is 6.10 Å². The number of hydrogen-bond donors (Lipinski definition) is 1. The minimum absolute atomic E-state index is 0.0443. The normalized spacial score (nSPS) is 12.6. The topological polar surface area (TPSA) is 51.2 Å². The standard InChI is InChI=1S/C22H20Br2F2N2O2/c1-22(2,3)28-21(29)30-17(10-12-8-13(25)11-14(26)9-12)19-18(23)15-6-4-5-7-16(15)20(24)27-19/h4-9,11,17H,10H2,1-3H3,(H,28,29). The van der Waals surface area contributed by atoms with E-state index in [4.69, 9.17) is 4.74 Å². The van der Waals surface area contributed by atoms with Crippen LogP contribution >= 0.6 is 31.9 Å². The van der Waals surface area contributed by atoms with Gasteiger partial charge in [-0.1, -0.05) is 24.3 Å². The summed E-state index contributed by atoms with van der Waals surface area (Å²) in [4.78, 5) is 17.1. The first kappa shape index (κ1) is 22.6. The molecule has 1 amide bonds. The molecule has 1 heterocycles. The summed E-state index contributed by atoms with van der Waals surface area (Å²) in [5.74, 6) is -1.40. The summed E-state index contributed by atoms with van der Waals surface area (Å²) in [7, 11) is 0. The minimum Gasteiger partial charge on any atom is -0.439 e. The average Bonchev–Trinajstić information content (AvgIpc) is 2.62. The monoisotopic (exact) mass is 540 g/mol. The van der Waals surface area contributed by atoms with Gasteiger partial charge in [0.1, 0.15) is 16.2 Å². The van der Waals surface area contributed by atoms with Crippen LogP contribution in [0.4, 0.5) is 13.6 Å². The molecule has 0 aliphatic carbocycles. The van der Waals surface area contributed by atoms with Crippen LogP contribution in [-0.2, 0) is 11.2 Å². The first-order valence-corrected chi connectivity index (χ1v) is 10.8. The zero-order valence-electron chi connectivity index (χ0n) is 16.6. The highest BCUT2D eigenvalue weighted by Gasteiger charge is 2.26. The maximum Gasteiger partial charge on any atom is 0.408 e. The number of alkyl carbamates (subject to hydrolysis) is 1. The van der Waals surface area contributed by atoms with E-state index in [-0.39, 0.29) is 6.42 Å². The van der Waals surface area contributed by atoms with Crippen molar-refractivity contribution in [2.45, 2.75) is 38.8 Å². The van der Waals surface area contributed by atoms with Crippen LogP contribution in [0.15, 0.2) is 51.5 Å². The molecule has 0 aliphatic rings. The summed E-state index contributed by atoms with van der Waals surface area (Å²) in [6.45, 7) is 5.48. The molecule has 4 nitrogen and oxygen atoms in total. The second-order valence-corrected chi connectivity index (χ2v) is 9.44. The molecule has 0 spiro atoms. The Balaban J connectivity index is 2.05. The number of rotatable bonds is 4. The lowest BCUT2D eigenvalue weighted by Gasteiger charge is -2.24. The van der Waals surface area contributed by atoms with Gasteiger partial charge < -0.3 is 10.1 Å². The Hall–Kier alpha value is -2.06. The molecular weight excluding hydrogens is 522 g/mol. The van der Waals surface area contributed by atoms with Crippen molar-refractivity contribution in [3.05, 3.63) is 74.4 Å². The van der Waals surface area contributed by atoms with E-state index in [2.05, 4.69) is 42.2 Å². The molecule has 0 saturated heterocycles. The van der Waals surface area contributed by atoms with Crippen LogP contribution in [0.2, 0.25) is 0 Å². The van der Waals surface area contributed by atoms with Crippen LogP contribution in [0.1, 0.15) is 38.1 Å². The maximum atomic E-state index is 13.7. The average molecular weight is 542 g/mol. The molecule has 1 atom stereocenters. The minimum atomic E-state index is -0.885. The van der Waals surface area contributed by atoms with Gasteiger partial charge in [0.2, 0.25) is 0 Å². The number of benzene rings is 2. The second-order valence-electron chi connectivity index (χ2n) is 7.90. The molecule has 1 N–H and O–H groups in total. The Morgan fingerprint density at radius 2 is 1.70 bits per heavy atom. The van der Waals surface area contributed by atoms with Crippen molar-refractivity contribution in [1.29, 1.82) is 0 Å². The van der Waals surface area contributed by atoms with E-state index in [0.717, 1.165) is 16.8 Å². The van der Waals surface area contributed by atoms with E-state index in [1.54, 1.807) is 0 Å². The summed E-state index contributed by atoms with van der Waals surface area (Å²) in [6.07, 6.45) is -1.49. The van der Waals surface area contributed by atoms with Crippen molar-refractivity contribution in [2.75, 3.05) is 0 Å². The largest absolute Gasteiger partial charge is 0.439 e. The molecule has 2 aromatic carbocycles. The zero-order chi connectivity index (χ0) is 22.1. The van der Waals surface area contributed by atoms with E-state index >= 15 is 0 Å². The van der Waals surface area contributed by atoms with Gasteiger partial charge in [-0.25, -0.2) is 18.6 Å². The Labute approximate surface area is 190 Å². The van der Waals surface area contributed by atoms with Crippen LogP contribution in [-0.4, -0.2) is 16.6 Å². The highest BCUT2D eigenvalue weighted by molar-refractivity contribution is 9.11. The van der Waals surface area contributed by atoms with E-state index in [1.165, 1.54) is 12.1 Å². The van der Waals surface area contributed by atoms with Gasteiger partial charge in [0, 0.05) is 28.8 Å². The van der Waals surface area contributed by atoms with Crippen LogP contribution in [0.25, 0.3) is 10.8 Å². The lowest BCUT2D eigenvalue weighted by atomic mass is 10.0. The van der Waals surface area contributed by atoms with Crippen molar-refractivity contribution in [3.63, 3.8) is 0 Å². The molecule has 0 bridgehead atoms. The van der Waals surface area contributed by atoms with E-state index in [9.17, 15) is 13.6 Å². The van der Waals surface area contributed by atoms with E-state index < -0.39 is 29.4 Å². The highest BCUT2D eigenvalue weighted by Crippen LogP contribution is 2.36. The molecule has 0 aliphatic heterocycles. The predicted octanol–water partition coefficient (Wildman–Crippen LogP) is 6.85. The van der Waals surface area contributed by atoms with Gasteiger partial charge >= 0.3 is 6.09 Å². The van der Waals surface area contributed by atoms with Crippen molar-refractivity contribution < 1.29 is 18.3 Å². The SMILES string of the molecule is CC(C)(C)NC(=O)OC(Cc1cc(F)cc(F)c1)c1nc(Br)c2ccccc2c1Br. The third-order valence-corrected chi connectivity index (χ3v) is 5.64. The summed E-state index contributed by atoms with van der Waals surface area (Å²) >= 11 is 7.03. The molecule has 0 fully saturated rings. The van der Waals surface area contributed by atoms with Crippen molar-refractivity contribution in [1.82, 2.24) is 10.3 Å². The van der Waals surface area contributed by atoms with E-state index in [1.807, 2.05) is 45.0 Å². The van der Waals surface area contributed by atoms with Crippen LogP contribution < -0.4 is 5.32 Å². The lowest BCUT2D eigenvalue weighted by molar-refractivity contribution is 0.0884. The highest BCUT2D eigenvalue weighted by atomic mass is 79.9. The molecule has 158 valence electrons. The number of carbonyl (C=O) groups is 1. The molecular formula is C22H20Br2F2N2O2. The zero-order valence-corrected chi connectivity index (χ0v) is 19.8. The summed E-state index contributed by atoms with van der Waals surface area (Å²) in [5, 5.41) is 4.48. The molecule has 3 rings (SSSR count). The maximum absolute atomic E-state index is 13.7. The molecule has 8 heteroatoms. The van der Waals surface area contributed by atoms with Gasteiger partial charge in [0.05, 0.1) is 10.2 Å². The Kier molecular flexibility index (Phi) is 6.77. The fourth-order valence-electron chi connectivity index (χ4n) is 3.02. The Morgan fingerprint density at radius 3 is 2.30 bits per heavy atom. The third kappa shape index (κ3) is 5.55. The van der Waals surface area contributed by atoms with Crippen molar-refractivity contribution >= 4 is 48.7 Å². The first-order chi connectivity index (χ1) is 14.0. The van der Waals surface area contributed by atoms with Crippen molar-refractivity contribution in [3.8, 4) is 0 Å². The van der Waals surface area contributed by atoms with E-state index in [0.29, 0.717) is 20.3 Å². The molecule has 1 aromatic heterocycles. The van der Waals surface area contributed by atoms with Gasteiger partial charge in [0.25, 0.3) is 0 Å². The molecule has 3 aromatic rings. The lowest BCUT2D eigenvalue weighted by Crippen LogP contribution is -2.41. The quantitative estimate of drug-likeness (QED) is 0.367. The third-order valence-electron chi connectivity index (χ3n) is 4.20. The summed E-state index contributed by atoms with van der Waals surface area (Å²) in [5.41, 5.74) is 0.273. The number of nitrogens with one attached hydrogen (secondary N) is 1. The van der Waals surface area contributed by atoms with Crippen molar-refractivity contribution in [2.24, 2.45) is 0 Å². The number of nitrogens with zero attached hydrogens (tertiary/aromatic N) is 1. The predicted molar refractivity (Wildman–Crippen MR) is 119 cm³/mol. The summed E-state index contributed by atoms with van der Waals surface area (Å²) < 4.78 is 34.3. The number of amides is 1. The molecule has 30 heavy (non-hydrogen) atoms. The van der Waals surface area contributed by atoms with Crippen LogP contribution in [0.3, 0.4) is 0 Å². The summed E-state index contributed by atoms with van der Waals surface area (Å²) in [6, 6.07) is 10.8. The number of pyridine rings is 1. The fourth-order valence-corrected chi connectivity index (χ4v) is 4.25. The number of hydrogen-bond acceptors (Lipinski definition) is 3. The first-order valence-electron chi connectivity index (χ1n) is 9.21. The number of fused-ring (bicyclic) bond motifs is 1. The molecule has 0 saturated carbocycles. The smallest absolute Gasteiger partial charge is 0.408 e. The van der Waals surface area contributed by atoms with Gasteiger partial charge in [-0.05, 0) is 70.3 Å². The Morgan fingerprint density at radius 1 is 1.10 bits per heavy atom. The van der Waals surface area contributed by atoms with Crippen LogP contribution in [0.5, 0.6) is 0 Å². The van der Waals surface area contributed by atoms with Gasteiger partial charge in [-0.3, -0.25) is 0 Å². The Bertz CT molecular complexity index is 1080. The number of ether oxygens (including phenoxy) is 1.